The van der Waals surface area contributed by atoms with Crippen LogP contribution in [0.1, 0.15) is 22.3 Å². The monoisotopic (exact) mass is 517 g/mol. The van der Waals surface area contributed by atoms with E-state index in [0.29, 0.717) is 0 Å². The van der Waals surface area contributed by atoms with Crippen molar-refractivity contribution in [1.82, 2.24) is 0 Å². The first-order valence-electron chi connectivity index (χ1n) is 13.3. The number of hydrogen-bond acceptors (Lipinski definition) is 2. The molecule has 186 valence electrons. The van der Waals surface area contributed by atoms with Crippen LogP contribution in [-0.2, 0) is 5.41 Å². The van der Waals surface area contributed by atoms with Gasteiger partial charge in [0, 0.05) is 0 Å². The lowest BCUT2D eigenvalue weighted by molar-refractivity contribution is 0.768. The summed E-state index contributed by atoms with van der Waals surface area (Å²) in [6.45, 7) is 0. The van der Waals surface area contributed by atoms with Crippen molar-refractivity contribution in [2.24, 2.45) is 0 Å². The van der Waals surface area contributed by atoms with Gasteiger partial charge in [-0.15, -0.1) is 0 Å². The van der Waals surface area contributed by atoms with Gasteiger partial charge in [0.2, 0.25) is 0 Å². The molecule has 1 aliphatic rings. The van der Waals surface area contributed by atoms with Crippen molar-refractivity contribution in [2.75, 3.05) is 4.31 Å². The number of nitrogens with zero attached hydrogens (tertiary/aromatic N) is 1. The van der Waals surface area contributed by atoms with Crippen LogP contribution in [0.15, 0.2) is 158 Å². The molecule has 0 saturated heterocycles. The van der Waals surface area contributed by atoms with Gasteiger partial charge in [-0.1, -0.05) is 146 Å². The third-order valence-corrected chi connectivity index (χ3v) is 8.37. The Balaban J connectivity index is 1.39. The Morgan fingerprint density at radius 1 is 0.410 bits per heavy atom. The van der Waals surface area contributed by atoms with Gasteiger partial charge in [-0.05, 0) is 68.8 Å². The van der Waals surface area contributed by atoms with Crippen LogP contribution in [0.5, 0.6) is 0 Å². The number of rotatable bonds is 5. The molecule has 6 aromatic carbocycles. The molecule has 1 aliphatic carbocycles. The SMILES string of the molecule is SN(c1ccc(-c2ccccc2)cc1)c1ccc2c(c1)C(c1ccccc1)(c1ccccc1)c1ccccc1-2. The van der Waals surface area contributed by atoms with Crippen LogP contribution in [0.2, 0.25) is 0 Å². The van der Waals surface area contributed by atoms with Gasteiger partial charge < -0.3 is 0 Å². The Hall–Kier alpha value is -4.53. The summed E-state index contributed by atoms with van der Waals surface area (Å²) in [5.74, 6) is 0. The molecule has 0 fully saturated rings. The van der Waals surface area contributed by atoms with Gasteiger partial charge >= 0.3 is 0 Å². The molecule has 6 aromatic rings. The average molecular weight is 518 g/mol. The maximum Gasteiger partial charge on any atom is 0.0714 e. The highest BCUT2D eigenvalue weighted by Gasteiger charge is 2.46. The first-order valence-corrected chi connectivity index (χ1v) is 13.7. The largest absolute Gasteiger partial charge is 0.287 e. The number of thiol groups is 1. The lowest BCUT2D eigenvalue weighted by Gasteiger charge is -2.34. The summed E-state index contributed by atoms with van der Waals surface area (Å²) in [4.78, 5) is 0. The molecule has 0 bridgehead atoms. The summed E-state index contributed by atoms with van der Waals surface area (Å²) >= 11 is 5.00. The van der Waals surface area contributed by atoms with Crippen molar-refractivity contribution in [1.29, 1.82) is 0 Å². The van der Waals surface area contributed by atoms with Gasteiger partial charge in [0.25, 0.3) is 0 Å². The van der Waals surface area contributed by atoms with Gasteiger partial charge in [-0.2, -0.15) is 0 Å². The molecule has 0 spiro atoms. The van der Waals surface area contributed by atoms with Crippen LogP contribution in [0, 0.1) is 0 Å². The molecule has 0 N–H and O–H groups in total. The molecule has 0 amide bonds. The Morgan fingerprint density at radius 3 is 1.54 bits per heavy atom. The van der Waals surface area contributed by atoms with Crippen LogP contribution >= 0.6 is 12.8 Å². The van der Waals surface area contributed by atoms with E-state index in [9.17, 15) is 0 Å². The third kappa shape index (κ3) is 3.79. The third-order valence-electron chi connectivity index (χ3n) is 7.91. The van der Waals surface area contributed by atoms with Crippen LogP contribution in [-0.4, -0.2) is 0 Å². The van der Waals surface area contributed by atoms with E-state index in [1.165, 1.54) is 44.5 Å². The van der Waals surface area contributed by atoms with E-state index >= 15 is 0 Å². The lowest BCUT2D eigenvalue weighted by atomic mass is 9.67. The molecule has 0 heterocycles. The molecule has 0 atom stereocenters. The van der Waals surface area contributed by atoms with E-state index in [-0.39, 0.29) is 0 Å². The second-order valence-corrected chi connectivity index (χ2v) is 10.4. The van der Waals surface area contributed by atoms with Gasteiger partial charge in [-0.25, -0.2) is 0 Å². The number of fused-ring (bicyclic) bond motifs is 3. The van der Waals surface area contributed by atoms with Crippen molar-refractivity contribution in [3.05, 3.63) is 180 Å². The van der Waals surface area contributed by atoms with E-state index in [0.717, 1.165) is 11.4 Å². The summed E-state index contributed by atoms with van der Waals surface area (Å²) in [5.41, 5.74) is 11.7. The smallest absolute Gasteiger partial charge is 0.0714 e. The summed E-state index contributed by atoms with van der Waals surface area (Å²) in [6, 6.07) is 56.5. The normalized spacial score (nSPS) is 12.9. The molecule has 2 heteroatoms. The molecule has 0 radical (unpaired) electrons. The lowest BCUT2D eigenvalue weighted by Crippen LogP contribution is -2.28. The van der Waals surface area contributed by atoms with Crippen molar-refractivity contribution < 1.29 is 0 Å². The summed E-state index contributed by atoms with van der Waals surface area (Å²) < 4.78 is 1.98. The van der Waals surface area contributed by atoms with Crippen molar-refractivity contribution >= 4 is 24.2 Å². The van der Waals surface area contributed by atoms with Gasteiger partial charge in [-0.3, -0.25) is 4.31 Å². The Labute approximate surface area is 235 Å². The minimum Gasteiger partial charge on any atom is -0.287 e. The Bertz CT molecular complexity index is 1700. The Morgan fingerprint density at radius 2 is 0.897 bits per heavy atom. The minimum atomic E-state index is -0.420. The molecule has 0 aliphatic heterocycles. The number of benzene rings is 6. The van der Waals surface area contributed by atoms with Crippen molar-refractivity contribution in [2.45, 2.75) is 5.41 Å². The van der Waals surface area contributed by atoms with Gasteiger partial charge in [0.1, 0.15) is 0 Å². The van der Waals surface area contributed by atoms with E-state index in [1.807, 2.05) is 10.4 Å². The average Bonchev–Trinajstić information content (AvgIpc) is 3.32. The second-order valence-electron chi connectivity index (χ2n) is 9.98. The van der Waals surface area contributed by atoms with E-state index in [1.54, 1.807) is 0 Å². The maximum atomic E-state index is 5.00. The zero-order valence-corrected chi connectivity index (χ0v) is 22.3. The Kier molecular flexibility index (Phi) is 5.83. The first-order chi connectivity index (χ1) is 19.3. The van der Waals surface area contributed by atoms with Gasteiger partial charge in [0.05, 0.1) is 16.8 Å². The van der Waals surface area contributed by atoms with Crippen LogP contribution in [0.4, 0.5) is 11.4 Å². The van der Waals surface area contributed by atoms with Crippen LogP contribution < -0.4 is 4.31 Å². The van der Waals surface area contributed by atoms with E-state index in [2.05, 4.69) is 152 Å². The fraction of sp³-hybridized carbons (Fsp3) is 0.0270. The molecule has 0 unspecified atom stereocenters. The van der Waals surface area contributed by atoms with Crippen molar-refractivity contribution in [3.63, 3.8) is 0 Å². The first kappa shape index (κ1) is 23.6. The fourth-order valence-corrected chi connectivity index (χ4v) is 6.40. The van der Waals surface area contributed by atoms with Crippen LogP contribution in [0.3, 0.4) is 0 Å². The van der Waals surface area contributed by atoms with Crippen LogP contribution in [0.25, 0.3) is 22.3 Å². The van der Waals surface area contributed by atoms with E-state index in [4.69, 9.17) is 12.8 Å². The van der Waals surface area contributed by atoms with E-state index < -0.39 is 5.41 Å². The second kappa shape index (κ2) is 9.65. The molecule has 0 saturated carbocycles. The highest BCUT2D eigenvalue weighted by atomic mass is 32.1. The fourth-order valence-electron chi connectivity index (χ4n) is 6.14. The molecular weight excluding hydrogens is 490 g/mol. The molecule has 39 heavy (non-hydrogen) atoms. The zero-order valence-electron chi connectivity index (χ0n) is 21.4. The zero-order chi connectivity index (χ0) is 26.2. The molecule has 0 aromatic heterocycles. The molecule has 1 nitrogen and oxygen atoms in total. The highest BCUT2D eigenvalue weighted by Crippen LogP contribution is 2.56. The molecule has 7 rings (SSSR count). The van der Waals surface area contributed by atoms with Gasteiger partial charge in [0.15, 0.2) is 0 Å². The summed E-state index contributed by atoms with van der Waals surface area (Å²) in [5, 5.41) is 0. The standard InChI is InChI=1S/C37H27NS/c39-38(31-22-20-28(21-23-31)27-12-4-1-5-13-27)32-24-25-34-33-18-10-11-19-35(33)37(36(34)26-32,29-14-6-2-7-15-29)30-16-8-3-9-17-30/h1-26,39H. The predicted molar refractivity (Wildman–Crippen MR) is 167 cm³/mol. The number of anilines is 2. The summed E-state index contributed by atoms with van der Waals surface area (Å²) in [7, 11) is 0. The number of hydrogen-bond donors (Lipinski definition) is 1. The maximum absolute atomic E-state index is 5.00. The quantitative estimate of drug-likeness (QED) is 0.222. The topological polar surface area (TPSA) is 3.24 Å². The van der Waals surface area contributed by atoms with Crippen molar-refractivity contribution in [3.8, 4) is 22.3 Å². The minimum absolute atomic E-state index is 0.420. The predicted octanol–water partition coefficient (Wildman–Crippen LogP) is 9.70. The molecular formula is C37H27NS. The summed E-state index contributed by atoms with van der Waals surface area (Å²) in [6.07, 6.45) is 0. The highest BCUT2D eigenvalue weighted by molar-refractivity contribution is 7.82.